The molecule has 1 heterocycles. The van der Waals surface area contributed by atoms with Crippen LogP contribution in [0.15, 0.2) is 35.7 Å². The Kier molecular flexibility index (Phi) is 2.72. The number of rotatable bonds is 3. The summed E-state index contributed by atoms with van der Waals surface area (Å²) in [7, 11) is -3.90. The first-order valence-corrected chi connectivity index (χ1v) is 5.97. The Labute approximate surface area is 96.2 Å². The van der Waals surface area contributed by atoms with Gasteiger partial charge < -0.3 is 10.1 Å². The first-order valence-electron chi connectivity index (χ1n) is 4.49. The lowest BCUT2D eigenvalue weighted by atomic mass is 10.3. The van der Waals surface area contributed by atoms with Gasteiger partial charge in [0, 0.05) is 6.07 Å². The molecule has 17 heavy (non-hydrogen) atoms. The topological polar surface area (TPSA) is 95.1 Å². The average molecular weight is 257 g/mol. The molecule has 0 saturated carbocycles. The molecule has 0 saturated heterocycles. The van der Waals surface area contributed by atoms with Gasteiger partial charge in [0.15, 0.2) is 5.03 Å². The van der Waals surface area contributed by atoms with Crippen LogP contribution < -0.4 is 4.72 Å². The number of phenols is 1. The van der Waals surface area contributed by atoms with E-state index >= 15 is 0 Å². The van der Waals surface area contributed by atoms with Gasteiger partial charge in [-0.1, -0.05) is 0 Å². The molecule has 2 aromatic rings. The highest BCUT2D eigenvalue weighted by atomic mass is 32.2. The number of phenolic OH excluding ortho intramolecular Hbond substituents is 1. The molecule has 0 aliphatic heterocycles. The number of aromatic nitrogens is 2. The molecule has 0 radical (unpaired) electrons. The molecule has 90 valence electrons. The average Bonchev–Trinajstić information content (AvgIpc) is 2.77. The van der Waals surface area contributed by atoms with Gasteiger partial charge in [0.25, 0.3) is 10.0 Å². The molecule has 8 heteroatoms. The van der Waals surface area contributed by atoms with Crippen LogP contribution in [-0.2, 0) is 10.0 Å². The minimum atomic E-state index is -3.90. The van der Waals surface area contributed by atoms with Crippen molar-refractivity contribution in [1.82, 2.24) is 9.97 Å². The maximum atomic E-state index is 12.9. The van der Waals surface area contributed by atoms with Gasteiger partial charge in [0.2, 0.25) is 0 Å². The van der Waals surface area contributed by atoms with Crippen molar-refractivity contribution in [2.24, 2.45) is 0 Å². The quantitative estimate of drug-likeness (QED) is 0.716. The monoisotopic (exact) mass is 257 g/mol. The second-order valence-electron chi connectivity index (χ2n) is 3.18. The second-order valence-corrected chi connectivity index (χ2v) is 4.83. The Morgan fingerprint density at radius 1 is 1.41 bits per heavy atom. The molecule has 0 fully saturated rings. The summed E-state index contributed by atoms with van der Waals surface area (Å²) in [5.41, 5.74) is -0.236. The maximum absolute atomic E-state index is 12.9. The third kappa shape index (κ3) is 2.36. The third-order valence-corrected chi connectivity index (χ3v) is 3.26. The highest BCUT2D eigenvalue weighted by molar-refractivity contribution is 7.92. The van der Waals surface area contributed by atoms with Crippen LogP contribution in [0.4, 0.5) is 10.1 Å². The summed E-state index contributed by atoms with van der Waals surface area (Å²) in [4.78, 5) is 5.95. The number of aromatic hydroxyl groups is 1. The molecule has 0 unspecified atom stereocenters. The van der Waals surface area contributed by atoms with E-state index in [-0.39, 0.29) is 16.5 Å². The van der Waals surface area contributed by atoms with Gasteiger partial charge in [-0.15, -0.1) is 0 Å². The van der Waals surface area contributed by atoms with E-state index in [9.17, 15) is 17.9 Å². The molecule has 1 aromatic heterocycles. The number of sulfonamides is 1. The predicted octanol–water partition coefficient (Wildman–Crippen LogP) is 1.06. The summed E-state index contributed by atoms with van der Waals surface area (Å²) in [6, 6.07) is 2.95. The highest BCUT2D eigenvalue weighted by Gasteiger charge is 2.17. The zero-order valence-corrected chi connectivity index (χ0v) is 9.20. The Morgan fingerprint density at radius 2 is 2.18 bits per heavy atom. The molecule has 6 nitrogen and oxygen atoms in total. The van der Waals surface area contributed by atoms with Crippen LogP contribution >= 0.6 is 0 Å². The Morgan fingerprint density at radius 3 is 2.82 bits per heavy atom. The number of nitrogens with zero attached hydrogens (tertiary/aromatic N) is 1. The Bertz CT molecular complexity index is 625. The summed E-state index contributed by atoms with van der Waals surface area (Å²) in [5, 5.41) is 9.20. The van der Waals surface area contributed by atoms with E-state index in [0.717, 1.165) is 24.4 Å². The first kappa shape index (κ1) is 11.4. The molecule has 0 atom stereocenters. The summed E-state index contributed by atoms with van der Waals surface area (Å²) >= 11 is 0. The van der Waals surface area contributed by atoms with E-state index in [0.29, 0.717) is 0 Å². The number of H-pyrrole nitrogens is 1. The van der Waals surface area contributed by atoms with Gasteiger partial charge in [-0.05, 0) is 12.1 Å². The van der Waals surface area contributed by atoms with E-state index in [2.05, 4.69) is 9.97 Å². The number of halogens is 1. The van der Waals surface area contributed by atoms with Crippen molar-refractivity contribution in [2.75, 3.05) is 4.72 Å². The molecule has 0 spiro atoms. The summed E-state index contributed by atoms with van der Waals surface area (Å²) in [5.74, 6) is -1.03. The molecule has 1 aromatic carbocycles. The lowest BCUT2D eigenvalue weighted by Crippen LogP contribution is -2.13. The smallest absolute Gasteiger partial charge is 0.279 e. The van der Waals surface area contributed by atoms with Gasteiger partial charge in [0.1, 0.15) is 11.6 Å². The van der Waals surface area contributed by atoms with Gasteiger partial charge in [-0.3, -0.25) is 4.72 Å². The van der Waals surface area contributed by atoms with E-state index in [1.54, 1.807) is 0 Å². The number of benzene rings is 1. The first-order chi connectivity index (χ1) is 7.99. The Balaban J connectivity index is 2.36. The number of hydrogen-bond acceptors (Lipinski definition) is 4. The second kappa shape index (κ2) is 4.06. The minimum Gasteiger partial charge on any atom is -0.506 e. The molecule has 0 aliphatic carbocycles. The zero-order valence-electron chi connectivity index (χ0n) is 8.38. The van der Waals surface area contributed by atoms with Gasteiger partial charge in [0.05, 0.1) is 18.2 Å². The fraction of sp³-hybridized carbons (Fsp3) is 0. The molecule has 0 aliphatic rings. The van der Waals surface area contributed by atoms with Crippen LogP contribution in [-0.4, -0.2) is 23.5 Å². The van der Waals surface area contributed by atoms with E-state index < -0.39 is 15.8 Å². The lowest BCUT2D eigenvalue weighted by Gasteiger charge is -2.07. The van der Waals surface area contributed by atoms with Crippen molar-refractivity contribution >= 4 is 15.7 Å². The molecular formula is C9H8FN3O3S. The fourth-order valence-electron chi connectivity index (χ4n) is 1.18. The van der Waals surface area contributed by atoms with Crippen molar-refractivity contribution in [3.63, 3.8) is 0 Å². The highest BCUT2D eigenvalue weighted by Crippen LogP contribution is 2.25. The van der Waals surface area contributed by atoms with Crippen molar-refractivity contribution < 1.29 is 17.9 Å². The summed E-state index contributed by atoms with van der Waals surface area (Å²) in [6.45, 7) is 0. The van der Waals surface area contributed by atoms with Gasteiger partial charge >= 0.3 is 0 Å². The lowest BCUT2D eigenvalue weighted by molar-refractivity contribution is 0.475. The summed E-state index contributed by atoms with van der Waals surface area (Å²) in [6.07, 6.45) is 2.29. The van der Waals surface area contributed by atoms with Crippen LogP contribution in [0.2, 0.25) is 0 Å². The van der Waals surface area contributed by atoms with Crippen molar-refractivity contribution in [3.05, 3.63) is 36.5 Å². The molecule has 0 bridgehead atoms. The van der Waals surface area contributed by atoms with Gasteiger partial charge in [-0.25, -0.2) is 9.37 Å². The van der Waals surface area contributed by atoms with Gasteiger partial charge in [-0.2, -0.15) is 8.42 Å². The number of imidazole rings is 1. The minimum absolute atomic E-state index is 0.179. The number of hydrogen-bond donors (Lipinski definition) is 3. The molecular weight excluding hydrogens is 249 g/mol. The standard InChI is InChI=1S/C9H8FN3O3S/c10-6-1-2-8(14)7(3-6)13-17(15,16)9-4-11-5-12-9/h1-5,13-14H,(H,11,12). The van der Waals surface area contributed by atoms with Crippen LogP contribution in [0.5, 0.6) is 5.75 Å². The number of nitrogens with one attached hydrogen (secondary N) is 2. The third-order valence-electron chi connectivity index (χ3n) is 1.97. The van der Waals surface area contributed by atoms with E-state index in [1.165, 1.54) is 6.33 Å². The Hall–Kier alpha value is -2.09. The normalized spacial score (nSPS) is 11.4. The SMILES string of the molecule is O=S(=O)(Nc1cc(F)ccc1O)c1cnc[nH]1. The maximum Gasteiger partial charge on any atom is 0.279 e. The van der Waals surface area contributed by atoms with Crippen molar-refractivity contribution in [1.29, 1.82) is 0 Å². The van der Waals surface area contributed by atoms with Crippen LogP contribution in [0.1, 0.15) is 0 Å². The molecule has 0 amide bonds. The van der Waals surface area contributed by atoms with E-state index in [4.69, 9.17) is 0 Å². The van der Waals surface area contributed by atoms with E-state index in [1.807, 2.05) is 4.72 Å². The van der Waals surface area contributed by atoms with Crippen molar-refractivity contribution in [2.45, 2.75) is 5.03 Å². The predicted molar refractivity (Wildman–Crippen MR) is 57.5 cm³/mol. The summed E-state index contributed by atoms with van der Waals surface area (Å²) < 4.78 is 38.4. The van der Waals surface area contributed by atoms with Crippen molar-refractivity contribution in [3.8, 4) is 5.75 Å². The number of aromatic amines is 1. The number of anilines is 1. The van der Waals surface area contributed by atoms with Crippen LogP contribution in [0.25, 0.3) is 0 Å². The molecule has 3 N–H and O–H groups in total. The molecule has 2 rings (SSSR count). The zero-order chi connectivity index (χ0) is 12.5. The fourth-order valence-corrected chi connectivity index (χ4v) is 2.15. The van der Waals surface area contributed by atoms with Crippen LogP contribution in [0, 0.1) is 5.82 Å². The largest absolute Gasteiger partial charge is 0.506 e. The van der Waals surface area contributed by atoms with Crippen LogP contribution in [0.3, 0.4) is 0 Å².